The summed E-state index contributed by atoms with van der Waals surface area (Å²) in [5, 5.41) is 5.75. The maximum atomic E-state index is 6.21. The number of benzene rings is 3. The first kappa shape index (κ1) is 11.2. The van der Waals surface area contributed by atoms with Crippen molar-refractivity contribution in [2.45, 2.75) is 0 Å². The van der Waals surface area contributed by atoms with Gasteiger partial charge in [0.1, 0.15) is 0 Å². The largest absolute Gasteiger partial charge is 0.0836 e. The predicted molar refractivity (Wildman–Crippen MR) is 76.5 cm³/mol. The molecule has 0 heterocycles. The van der Waals surface area contributed by atoms with Gasteiger partial charge in [-0.2, -0.15) is 0 Å². The van der Waals surface area contributed by atoms with E-state index in [0.717, 1.165) is 21.5 Å². The van der Waals surface area contributed by atoms with Gasteiger partial charge in [-0.1, -0.05) is 59.1 Å². The molecule has 0 N–H and O–H groups in total. The molecule has 3 aromatic rings. The van der Waals surface area contributed by atoms with Crippen LogP contribution in [0.3, 0.4) is 0 Å². The summed E-state index contributed by atoms with van der Waals surface area (Å²) in [6, 6.07) is 13.8. The maximum absolute atomic E-state index is 6.21. The summed E-state index contributed by atoms with van der Waals surface area (Å²) < 4.78 is 0. The molecular weight excluding hydrogens is 275 g/mol. The SMILES string of the molecule is Clc1cc(Cl)c2cc3ccccc3cc2c1Cl. The molecule has 0 aromatic heterocycles. The molecule has 0 fully saturated rings. The topological polar surface area (TPSA) is 0 Å². The van der Waals surface area contributed by atoms with Gasteiger partial charge in [0.2, 0.25) is 0 Å². The van der Waals surface area contributed by atoms with Gasteiger partial charge < -0.3 is 0 Å². The second-order valence-electron chi connectivity index (χ2n) is 3.90. The first-order valence-electron chi connectivity index (χ1n) is 5.13. The molecule has 0 amide bonds. The first-order valence-corrected chi connectivity index (χ1v) is 6.26. The van der Waals surface area contributed by atoms with E-state index < -0.39 is 0 Å². The number of halogens is 3. The Morgan fingerprint density at radius 3 is 1.88 bits per heavy atom. The third-order valence-corrected chi connectivity index (χ3v) is 3.96. The van der Waals surface area contributed by atoms with Crippen molar-refractivity contribution in [1.82, 2.24) is 0 Å². The molecule has 0 spiro atoms. The predicted octanol–water partition coefficient (Wildman–Crippen LogP) is 5.95. The lowest BCUT2D eigenvalue weighted by atomic mass is 10.0. The molecule has 3 aromatic carbocycles. The van der Waals surface area contributed by atoms with Gasteiger partial charge in [-0.25, -0.2) is 0 Å². The lowest BCUT2D eigenvalue weighted by Gasteiger charge is -2.07. The molecule has 3 heteroatoms. The van der Waals surface area contributed by atoms with E-state index in [9.17, 15) is 0 Å². The van der Waals surface area contributed by atoms with E-state index in [1.807, 2.05) is 36.4 Å². The van der Waals surface area contributed by atoms with Crippen molar-refractivity contribution >= 4 is 56.3 Å². The van der Waals surface area contributed by atoms with Gasteiger partial charge in [0.15, 0.2) is 0 Å². The van der Waals surface area contributed by atoms with Crippen LogP contribution in [-0.4, -0.2) is 0 Å². The van der Waals surface area contributed by atoms with E-state index >= 15 is 0 Å². The van der Waals surface area contributed by atoms with Crippen molar-refractivity contribution in [3.63, 3.8) is 0 Å². The van der Waals surface area contributed by atoms with Crippen LogP contribution < -0.4 is 0 Å². The molecular formula is C14H7Cl3. The van der Waals surface area contributed by atoms with Gasteiger partial charge in [0, 0.05) is 10.8 Å². The van der Waals surface area contributed by atoms with Crippen molar-refractivity contribution in [3.05, 3.63) is 57.5 Å². The zero-order chi connectivity index (χ0) is 12.0. The van der Waals surface area contributed by atoms with E-state index in [2.05, 4.69) is 0 Å². The Morgan fingerprint density at radius 2 is 1.24 bits per heavy atom. The number of rotatable bonds is 0. The Balaban J connectivity index is 2.56. The average molecular weight is 282 g/mol. The van der Waals surface area contributed by atoms with Crippen LogP contribution in [0.15, 0.2) is 42.5 Å². The quantitative estimate of drug-likeness (QED) is 0.352. The zero-order valence-corrected chi connectivity index (χ0v) is 10.9. The normalized spacial score (nSPS) is 11.2. The summed E-state index contributed by atoms with van der Waals surface area (Å²) in [4.78, 5) is 0. The highest BCUT2D eigenvalue weighted by Crippen LogP contribution is 2.37. The summed E-state index contributed by atoms with van der Waals surface area (Å²) in [7, 11) is 0. The Morgan fingerprint density at radius 1 is 0.647 bits per heavy atom. The monoisotopic (exact) mass is 280 g/mol. The van der Waals surface area contributed by atoms with E-state index in [1.54, 1.807) is 6.07 Å². The third-order valence-electron chi connectivity index (χ3n) is 2.84. The zero-order valence-electron chi connectivity index (χ0n) is 8.68. The Hall–Kier alpha value is -0.950. The van der Waals surface area contributed by atoms with E-state index in [0.29, 0.717) is 15.1 Å². The van der Waals surface area contributed by atoms with E-state index in [1.165, 1.54) is 0 Å². The highest BCUT2D eigenvalue weighted by molar-refractivity contribution is 6.48. The van der Waals surface area contributed by atoms with Crippen molar-refractivity contribution in [2.75, 3.05) is 0 Å². The number of fused-ring (bicyclic) bond motifs is 2. The van der Waals surface area contributed by atoms with Crippen LogP contribution in [0.5, 0.6) is 0 Å². The molecule has 0 aliphatic heterocycles. The average Bonchev–Trinajstić information content (AvgIpc) is 2.34. The minimum absolute atomic E-state index is 0.486. The summed E-state index contributed by atoms with van der Waals surface area (Å²) in [6.45, 7) is 0. The molecule has 0 aliphatic rings. The van der Waals surface area contributed by atoms with Gasteiger partial charge in [-0.3, -0.25) is 0 Å². The Labute approximate surface area is 114 Å². The fourth-order valence-electron chi connectivity index (χ4n) is 2.00. The van der Waals surface area contributed by atoms with Gasteiger partial charge >= 0.3 is 0 Å². The molecule has 0 unspecified atom stereocenters. The molecule has 0 aliphatic carbocycles. The maximum Gasteiger partial charge on any atom is 0.0671 e. The highest BCUT2D eigenvalue weighted by Gasteiger charge is 2.09. The minimum Gasteiger partial charge on any atom is -0.0836 e. The van der Waals surface area contributed by atoms with Crippen LogP contribution in [0.1, 0.15) is 0 Å². The Kier molecular flexibility index (Phi) is 2.67. The van der Waals surface area contributed by atoms with Crippen molar-refractivity contribution in [3.8, 4) is 0 Å². The summed E-state index contributed by atoms with van der Waals surface area (Å²) >= 11 is 18.4. The van der Waals surface area contributed by atoms with Crippen LogP contribution in [0.25, 0.3) is 21.5 Å². The number of hydrogen-bond acceptors (Lipinski definition) is 0. The molecule has 17 heavy (non-hydrogen) atoms. The van der Waals surface area contributed by atoms with Crippen LogP contribution >= 0.6 is 34.8 Å². The van der Waals surface area contributed by atoms with Crippen molar-refractivity contribution in [1.29, 1.82) is 0 Å². The molecule has 0 nitrogen and oxygen atoms in total. The second-order valence-corrected chi connectivity index (χ2v) is 5.09. The standard InChI is InChI=1S/C14H7Cl3/c15-12-7-13(16)14(17)11-6-9-4-2-1-3-8(9)5-10(11)12/h1-7H. The fourth-order valence-corrected chi connectivity index (χ4v) is 2.74. The highest BCUT2D eigenvalue weighted by atomic mass is 35.5. The number of hydrogen-bond donors (Lipinski definition) is 0. The minimum atomic E-state index is 0.486. The van der Waals surface area contributed by atoms with Crippen molar-refractivity contribution in [2.24, 2.45) is 0 Å². The molecule has 0 bridgehead atoms. The molecule has 0 saturated heterocycles. The van der Waals surface area contributed by atoms with Crippen LogP contribution in [0.4, 0.5) is 0 Å². The lowest BCUT2D eigenvalue weighted by Crippen LogP contribution is -1.80. The van der Waals surface area contributed by atoms with Crippen LogP contribution in [-0.2, 0) is 0 Å². The molecule has 84 valence electrons. The third kappa shape index (κ3) is 1.77. The molecule has 0 radical (unpaired) electrons. The lowest BCUT2D eigenvalue weighted by molar-refractivity contribution is 1.76. The fraction of sp³-hybridized carbons (Fsp3) is 0. The van der Waals surface area contributed by atoms with Crippen LogP contribution in [0.2, 0.25) is 15.1 Å². The van der Waals surface area contributed by atoms with E-state index in [4.69, 9.17) is 34.8 Å². The second kappa shape index (κ2) is 4.06. The Bertz CT molecular complexity index is 732. The van der Waals surface area contributed by atoms with Gasteiger partial charge in [-0.15, -0.1) is 0 Å². The smallest absolute Gasteiger partial charge is 0.0671 e. The first-order chi connectivity index (χ1) is 8.16. The molecule has 3 rings (SSSR count). The molecule has 0 saturated carbocycles. The molecule has 0 atom stereocenters. The van der Waals surface area contributed by atoms with Gasteiger partial charge in [0.25, 0.3) is 0 Å². The van der Waals surface area contributed by atoms with Gasteiger partial charge in [0.05, 0.1) is 15.1 Å². The van der Waals surface area contributed by atoms with E-state index in [-0.39, 0.29) is 0 Å². The van der Waals surface area contributed by atoms with Gasteiger partial charge in [-0.05, 0) is 29.0 Å². The summed E-state index contributed by atoms with van der Waals surface area (Å²) in [6.07, 6.45) is 0. The van der Waals surface area contributed by atoms with Crippen molar-refractivity contribution < 1.29 is 0 Å². The van der Waals surface area contributed by atoms with Crippen LogP contribution in [0, 0.1) is 0 Å². The summed E-state index contributed by atoms with van der Waals surface area (Å²) in [5.74, 6) is 0. The summed E-state index contributed by atoms with van der Waals surface area (Å²) in [5.41, 5.74) is 0.